The second-order valence-electron chi connectivity index (χ2n) is 6.48. The lowest BCUT2D eigenvalue weighted by Gasteiger charge is -2.21. The third kappa shape index (κ3) is 2.25. The highest BCUT2D eigenvalue weighted by molar-refractivity contribution is 5.91. The lowest BCUT2D eigenvalue weighted by Crippen LogP contribution is -2.34. The maximum absolute atomic E-state index is 12.4. The molecule has 102 valence electrons. The van der Waals surface area contributed by atoms with Crippen LogP contribution < -0.4 is 0 Å². The number of carbonyl (C=O) groups excluding carboxylic acids is 1. The van der Waals surface area contributed by atoms with Gasteiger partial charge >= 0.3 is 5.97 Å². The molecule has 0 bridgehead atoms. The predicted octanol–water partition coefficient (Wildman–Crippen LogP) is 1.99. The largest absolute Gasteiger partial charge is 0.481 e. The summed E-state index contributed by atoms with van der Waals surface area (Å²) in [5.74, 6) is -0.914. The average Bonchev–Trinajstić information content (AvgIpc) is 2.91. The van der Waals surface area contributed by atoms with Crippen molar-refractivity contribution >= 4 is 11.9 Å². The van der Waals surface area contributed by atoms with Crippen molar-refractivity contribution in [3.8, 4) is 0 Å². The Morgan fingerprint density at radius 1 is 1.17 bits per heavy atom. The van der Waals surface area contributed by atoms with E-state index in [0.29, 0.717) is 5.92 Å². The number of nitrogens with zero attached hydrogens (tertiary/aromatic N) is 1. The molecule has 0 aromatic rings. The molecule has 1 aliphatic carbocycles. The summed E-state index contributed by atoms with van der Waals surface area (Å²) < 4.78 is 0. The number of hydrogen-bond donors (Lipinski definition) is 1. The first-order chi connectivity index (χ1) is 8.35. The van der Waals surface area contributed by atoms with E-state index in [1.165, 1.54) is 6.42 Å². The average molecular weight is 253 g/mol. The highest BCUT2D eigenvalue weighted by Gasteiger charge is 2.66. The zero-order valence-electron chi connectivity index (χ0n) is 11.5. The second kappa shape index (κ2) is 4.56. The van der Waals surface area contributed by atoms with Gasteiger partial charge in [-0.3, -0.25) is 9.59 Å². The molecule has 1 amide bonds. The maximum atomic E-state index is 12.4. The van der Waals surface area contributed by atoms with Gasteiger partial charge in [-0.05, 0) is 30.6 Å². The second-order valence-corrected chi connectivity index (χ2v) is 6.48. The molecule has 0 spiro atoms. The molecule has 2 rings (SSSR count). The first-order valence-corrected chi connectivity index (χ1v) is 6.87. The van der Waals surface area contributed by atoms with E-state index < -0.39 is 11.9 Å². The SMILES string of the molecule is CC1CCCN(C(=O)[C@H]2[C@@H](C(=O)O)C2(C)C)CC1. The Labute approximate surface area is 108 Å². The first kappa shape index (κ1) is 13.4. The van der Waals surface area contributed by atoms with Crippen LogP contribution in [0.4, 0.5) is 0 Å². The zero-order valence-corrected chi connectivity index (χ0v) is 11.5. The van der Waals surface area contributed by atoms with Crippen LogP contribution in [0, 0.1) is 23.2 Å². The molecule has 4 nitrogen and oxygen atoms in total. The van der Waals surface area contributed by atoms with Crippen molar-refractivity contribution < 1.29 is 14.7 Å². The van der Waals surface area contributed by atoms with Crippen LogP contribution in [-0.2, 0) is 9.59 Å². The van der Waals surface area contributed by atoms with E-state index in [1.54, 1.807) is 0 Å². The minimum Gasteiger partial charge on any atom is -0.481 e. The van der Waals surface area contributed by atoms with Gasteiger partial charge in [-0.25, -0.2) is 0 Å². The van der Waals surface area contributed by atoms with Crippen molar-refractivity contribution in [1.82, 2.24) is 4.90 Å². The minimum atomic E-state index is -0.832. The van der Waals surface area contributed by atoms with Crippen LogP contribution in [0.5, 0.6) is 0 Å². The lowest BCUT2D eigenvalue weighted by atomic mass is 10.0. The van der Waals surface area contributed by atoms with E-state index in [4.69, 9.17) is 5.11 Å². The summed E-state index contributed by atoms with van der Waals surface area (Å²) in [4.78, 5) is 25.4. The molecular weight excluding hydrogens is 230 g/mol. The lowest BCUT2D eigenvalue weighted by molar-refractivity contribution is -0.142. The Morgan fingerprint density at radius 3 is 2.39 bits per heavy atom. The van der Waals surface area contributed by atoms with Gasteiger partial charge in [0.1, 0.15) is 0 Å². The summed E-state index contributed by atoms with van der Waals surface area (Å²) in [6.07, 6.45) is 3.24. The Bertz CT molecular complexity index is 364. The van der Waals surface area contributed by atoms with Gasteiger partial charge in [0.25, 0.3) is 0 Å². The van der Waals surface area contributed by atoms with Gasteiger partial charge in [0.2, 0.25) is 5.91 Å². The van der Waals surface area contributed by atoms with Crippen molar-refractivity contribution in [3.05, 3.63) is 0 Å². The van der Waals surface area contributed by atoms with Crippen LogP contribution >= 0.6 is 0 Å². The molecule has 2 aliphatic rings. The molecular formula is C14H23NO3. The molecule has 2 fully saturated rings. The summed E-state index contributed by atoms with van der Waals surface area (Å²) in [6, 6.07) is 0. The molecule has 18 heavy (non-hydrogen) atoms. The first-order valence-electron chi connectivity index (χ1n) is 6.87. The van der Waals surface area contributed by atoms with Gasteiger partial charge in [-0.15, -0.1) is 0 Å². The van der Waals surface area contributed by atoms with Gasteiger partial charge in [0.05, 0.1) is 11.8 Å². The normalized spacial score (nSPS) is 34.8. The molecule has 1 unspecified atom stereocenters. The number of hydrogen-bond acceptors (Lipinski definition) is 2. The van der Waals surface area contributed by atoms with Gasteiger partial charge in [0.15, 0.2) is 0 Å². The molecule has 4 heteroatoms. The Kier molecular flexibility index (Phi) is 3.39. The van der Waals surface area contributed by atoms with E-state index in [2.05, 4.69) is 6.92 Å². The number of carboxylic acids is 1. The van der Waals surface area contributed by atoms with Crippen LogP contribution in [0.2, 0.25) is 0 Å². The summed E-state index contributed by atoms with van der Waals surface area (Å²) >= 11 is 0. The molecule has 1 saturated heterocycles. The molecule has 1 saturated carbocycles. The highest BCUT2D eigenvalue weighted by Crippen LogP contribution is 2.59. The Balaban J connectivity index is 2.02. The van der Waals surface area contributed by atoms with Crippen molar-refractivity contribution in [2.75, 3.05) is 13.1 Å². The predicted molar refractivity (Wildman–Crippen MR) is 68.0 cm³/mol. The Morgan fingerprint density at radius 2 is 1.83 bits per heavy atom. The third-order valence-electron chi connectivity index (χ3n) is 4.69. The molecule has 1 N–H and O–H groups in total. The summed E-state index contributed by atoms with van der Waals surface area (Å²) in [5, 5.41) is 9.13. The topological polar surface area (TPSA) is 57.6 Å². The number of carboxylic acid groups (broad SMARTS) is 1. The van der Waals surface area contributed by atoms with E-state index in [-0.39, 0.29) is 17.2 Å². The standard InChI is InChI=1S/C14H23NO3/c1-9-5-4-7-15(8-6-9)12(16)10-11(13(17)18)14(10,2)3/h9-11H,4-8H2,1-3H3,(H,17,18)/t9?,10-,11+/m1/s1. The molecule has 3 atom stereocenters. The van der Waals surface area contributed by atoms with Gasteiger partial charge in [-0.1, -0.05) is 20.8 Å². The molecule has 0 aromatic heterocycles. The van der Waals surface area contributed by atoms with Gasteiger partial charge in [-0.2, -0.15) is 0 Å². The van der Waals surface area contributed by atoms with Crippen LogP contribution in [-0.4, -0.2) is 35.0 Å². The fraction of sp³-hybridized carbons (Fsp3) is 0.857. The smallest absolute Gasteiger partial charge is 0.307 e. The van der Waals surface area contributed by atoms with E-state index in [9.17, 15) is 9.59 Å². The van der Waals surface area contributed by atoms with Crippen molar-refractivity contribution in [1.29, 1.82) is 0 Å². The summed E-state index contributed by atoms with van der Waals surface area (Å²) in [6.45, 7) is 7.57. The van der Waals surface area contributed by atoms with Gasteiger partial charge in [0, 0.05) is 13.1 Å². The summed E-state index contributed by atoms with van der Waals surface area (Å²) in [5.41, 5.74) is -0.374. The van der Waals surface area contributed by atoms with Gasteiger partial charge < -0.3 is 10.0 Å². The Hall–Kier alpha value is -1.06. The number of amides is 1. The monoisotopic (exact) mass is 253 g/mol. The molecule has 0 radical (unpaired) electrons. The zero-order chi connectivity index (χ0) is 13.5. The quantitative estimate of drug-likeness (QED) is 0.818. The van der Waals surface area contributed by atoms with Crippen molar-refractivity contribution in [2.24, 2.45) is 23.2 Å². The number of carbonyl (C=O) groups is 2. The fourth-order valence-corrected chi connectivity index (χ4v) is 3.24. The maximum Gasteiger partial charge on any atom is 0.307 e. The summed E-state index contributed by atoms with van der Waals surface area (Å²) in [7, 11) is 0. The van der Waals surface area contributed by atoms with Crippen LogP contribution in [0.25, 0.3) is 0 Å². The molecule has 1 aliphatic heterocycles. The van der Waals surface area contributed by atoms with Crippen LogP contribution in [0.15, 0.2) is 0 Å². The minimum absolute atomic E-state index is 0.0569. The van der Waals surface area contributed by atoms with E-state index in [1.807, 2.05) is 18.7 Å². The van der Waals surface area contributed by atoms with Crippen molar-refractivity contribution in [2.45, 2.75) is 40.0 Å². The van der Waals surface area contributed by atoms with E-state index >= 15 is 0 Å². The van der Waals surface area contributed by atoms with Crippen LogP contribution in [0.1, 0.15) is 40.0 Å². The number of rotatable bonds is 2. The molecule has 1 heterocycles. The van der Waals surface area contributed by atoms with Crippen molar-refractivity contribution in [3.63, 3.8) is 0 Å². The third-order valence-corrected chi connectivity index (χ3v) is 4.69. The van der Waals surface area contributed by atoms with Crippen LogP contribution in [0.3, 0.4) is 0 Å². The molecule has 0 aromatic carbocycles. The fourth-order valence-electron chi connectivity index (χ4n) is 3.24. The number of aliphatic carboxylic acids is 1. The number of likely N-dealkylation sites (tertiary alicyclic amines) is 1. The van der Waals surface area contributed by atoms with E-state index in [0.717, 1.165) is 25.9 Å². The highest BCUT2D eigenvalue weighted by atomic mass is 16.4.